The van der Waals surface area contributed by atoms with E-state index in [1.165, 1.54) is 34.8 Å². The predicted octanol–water partition coefficient (Wildman–Crippen LogP) is 5.14. The first-order valence-electron chi connectivity index (χ1n) is 7.47. The number of aryl methyl sites for hydroxylation is 3. The van der Waals surface area contributed by atoms with E-state index in [4.69, 9.17) is 11.6 Å². The van der Waals surface area contributed by atoms with Crippen LogP contribution in [0.4, 0.5) is 10.1 Å². The van der Waals surface area contributed by atoms with Crippen molar-refractivity contribution in [2.24, 2.45) is 0 Å². The zero-order valence-corrected chi connectivity index (χ0v) is 16.2. The quantitative estimate of drug-likeness (QED) is 0.491. The second-order valence-electron chi connectivity index (χ2n) is 5.50. The van der Waals surface area contributed by atoms with Crippen molar-refractivity contribution in [3.8, 4) is 0 Å². The molecule has 8 heteroatoms. The highest BCUT2D eigenvalue weighted by Crippen LogP contribution is 2.35. The van der Waals surface area contributed by atoms with Crippen LogP contribution < -0.4 is 5.32 Å². The lowest BCUT2D eigenvalue weighted by Gasteiger charge is -2.08. The van der Waals surface area contributed by atoms with Gasteiger partial charge in [-0.25, -0.2) is 14.4 Å². The molecule has 0 aliphatic rings. The van der Waals surface area contributed by atoms with Gasteiger partial charge in [0, 0.05) is 15.3 Å². The van der Waals surface area contributed by atoms with E-state index in [2.05, 4.69) is 15.3 Å². The normalized spacial score (nSPS) is 11.1. The van der Waals surface area contributed by atoms with Crippen LogP contribution in [-0.2, 0) is 4.79 Å². The number of fused-ring (bicyclic) bond motifs is 1. The van der Waals surface area contributed by atoms with Crippen LogP contribution in [0.5, 0.6) is 0 Å². The summed E-state index contributed by atoms with van der Waals surface area (Å²) in [5.41, 5.74) is 1.20. The number of carbonyl (C=O) groups excluding carboxylic acids is 1. The van der Waals surface area contributed by atoms with Crippen molar-refractivity contribution in [1.82, 2.24) is 9.97 Å². The minimum Gasteiger partial charge on any atom is -0.323 e. The van der Waals surface area contributed by atoms with E-state index in [9.17, 15) is 9.18 Å². The molecule has 3 rings (SSSR count). The van der Waals surface area contributed by atoms with E-state index in [0.29, 0.717) is 10.8 Å². The summed E-state index contributed by atoms with van der Waals surface area (Å²) >= 11 is 8.77. The van der Waals surface area contributed by atoms with Crippen molar-refractivity contribution < 1.29 is 9.18 Å². The van der Waals surface area contributed by atoms with E-state index in [1.807, 2.05) is 20.8 Å². The van der Waals surface area contributed by atoms with Gasteiger partial charge in [-0.1, -0.05) is 23.4 Å². The summed E-state index contributed by atoms with van der Waals surface area (Å²) in [4.78, 5) is 23.2. The summed E-state index contributed by atoms with van der Waals surface area (Å²) in [6.07, 6.45) is 0. The highest BCUT2D eigenvalue weighted by Gasteiger charge is 2.15. The van der Waals surface area contributed by atoms with E-state index in [0.717, 1.165) is 20.8 Å². The number of halogens is 2. The number of carbonyl (C=O) groups is 1. The molecule has 0 fully saturated rings. The molecule has 2 heterocycles. The summed E-state index contributed by atoms with van der Waals surface area (Å²) in [6.45, 7) is 5.90. The number of thioether (sulfide) groups is 1. The number of thiophene rings is 1. The molecule has 0 aliphatic carbocycles. The largest absolute Gasteiger partial charge is 0.323 e. The molecule has 1 amide bonds. The Labute approximate surface area is 157 Å². The zero-order valence-electron chi connectivity index (χ0n) is 13.8. The number of hydrogen-bond donors (Lipinski definition) is 1. The Kier molecular flexibility index (Phi) is 5.27. The third kappa shape index (κ3) is 3.94. The van der Waals surface area contributed by atoms with Crippen molar-refractivity contribution in [1.29, 1.82) is 0 Å². The molecule has 25 heavy (non-hydrogen) atoms. The fraction of sp³-hybridized carbons (Fsp3) is 0.235. The number of nitrogens with zero attached hydrogens (tertiary/aromatic N) is 2. The Morgan fingerprint density at radius 2 is 2.08 bits per heavy atom. The zero-order chi connectivity index (χ0) is 18.1. The summed E-state index contributed by atoms with van der Waals surface area (Å²) in [5, 5.41) is 4.66. The third-order valence-electron chi connectivity index (χ3n) is 3.65. The Hall–Kier alpha value is -1.70. The smallest absolute Gasteiger partial charge is 0.234 e. The van der Waals surface area contributed by atoms with Gasteiger partial charge in [-0.15, -0.1) is 11.3 Å². The first-order chi connectivity index (χ1) is 11.8. The number of hydrogen-bond acceptors (Lipinski definition) is 5. The summed E-state index contributed by atoms with van der Waals surface area (Å²) in [7, 11) is 0. The monoisotopic (exact) mass is 395 g/mol. The van der Waals surface area contributed by atoms with Crippen LogP contribution in [-0.4, -0.2) is 21.6 Å². The Balaban J connectivity index is 1.78. The Morgan fingerprint density at radius 1 is 1.32 bits per heavy atom. The maximum Gasteiger partial charge on any atom is 0.234 e. The molecule has 0 bridgehead atoms. The van der Waals surface area contributed by atoms with E-state index >= 15 is 0 Å². The predicted molar refractivity (Wildman–Crippen MR) is 102 cm³/mol. The van der Waals surface area contributed by atoms with Gasteiger partial charge in [0.2, 0.25) is 5.91 Å². The molecule has 3 aromatic rings. The van der Waals surface area contributed by atoms with Gasteiger partial charge in [0.15, 0.2) is 0 Å². The number of anilines is 1. The topological polar surface area (TPSA) is 54.9 Å². The molecule has 130 valence electrons. The van der Waals surface area contributed by atoms with Crippen molar-refractivity contribution in [3.05, 3.63) is 45.3 Å². The van der Waals surface area contributed by atoms with Crippen molar-refractivity contribution in [2.75, 3.05) is 11.1 Å². The van der Waals surface area contributed by atoms with Crippen LogP contribution in [0.25, 0.3) is 10.2 Å². The number of rotatable bonds is 4. The van der Waals surface area contributed by atoms with E-state index < -0.39 is 5.82 Å². The molecular weight excluding hydrogens is 381 g/mol. The fourth-order valence-corrected chi connectivity index (χ4v) is 4.57. The van der Waals surface area contributed by atoms with Crippen molar-refractivity contribution >= 4 is 56.5 Å². The number of aromatic nitrogens is 2. The molecular formula is C17H15ClFN3OS2. The molecule has 1 aromatic carbocycles. The van der Waals surface area contributed by atoms with Crippen LogP contribution >= 0.6 is 34.7 Å². The van der Waals surface area contributed by atoms with Crippen LogP contribution in [0.15, 0.2) is 23.2 Å². The molecule has 4 nitrogen and oxygen atoms in total. The number of benzene rings is 1. The second-order valence-corrected chi connectivity index (χ2v) is 8.10. The van der Waals surface area contributed by atoms with Gasteiger partial charge < -0.3 is 5.32 Å². The minimum absolute atomic E-state index is 0.0738. The van der Waals surface area contributed by atoms with Crippen LogP contribution in [0.3, 0.4) is 0 Å². The molecule has 1 N–H and O–H groups in total. The highest BCUT2D eigenvalue weighted by atomic mass is 35.5. The summed E-state index contributed by atoms with van der Waals surface area (Å²) in [5.74, 6) is -0.0590. The Bertz CT molecular complexity index is 974. The third-order valence-corrected chi connectivity index (χ3v) is 5.96. The SMILES string of the molecule is Cc1nc(SCC(=O)Nc2cc(Cl)ccc2F)c2c(C)c(C)sc2n1. The van der Waals surface area contributed by atoms with Gasteiger partial charge in [-0.2, -0.15) is 0 Å². The average molecular weight is 396 g/mol. The van der Waals surface area contributed by atoms with Gasteiger partial charge >= 0.3 is 0 Å². The number of amides is 1. The number of nitrogens with one attached hydrogen (secondary N) is 1. The Morgan fingerprint density at radius 3 is 2.84 bits per heavy atom. The second kappa shape index (κ2) is 7.27. The molecule has 0 atom stereocenters. The average Bonchev–Trinajstić information content (AvgIpc) is 2.83. The summed E-state index contributed by atoms with van der Waals surface area (Å²) < 4.78 is 13.7. The molecule has 0 radical (unpaired) electrons. The van der Waals surface area contributed by atoms with Crippen LogP contribution in [0.2, 0.25) is 5.02 Å². The van der Waals surface area contributed by atoms with Crippen LogP contribution in [0.1, 0.15) is 16.3 Å². The standard InChI is InChI=1S/C17H15ClFN3OS2/c1-8-9(2)25-17-15(8)16(20-10(3)21-17)24-7-14(23)22-13-6-11(18)4-5-12(13)19/h4-6H,7H2,1-3H3,(H,22,23). The first kappa shape index (κ1) is 18.1. The fourth-order valence-electron chi connectivity index (χ4n) is 2.33. The van der Waals surface area contributed by atoms with Gasteiger partial charge in [0.05, 0.1) is 11.4 Å². The van der Waals surface area contributed by atoms with Crippen molar-refractivity contribution in [2.45, 2.75) is 25.8 Å². The molecule has 0 aliphatic heterocycles. The first-order valence-corrected chi connectivity index (χ1v) is 9.65. The maximum absolute atomic E-state index is 13.7. The van der Waals surface area contributed by atoms with Gasteiger partial charge in [-0.3, -0.25) is 4.79 Å². The van der Waals surface area contributed by atoms with E-state index in [1.54, 1.807) is 11.3 Å². The molecule has 0 saturated carbocycles. The van der Waals surface area contributed by atoms with Gasteiger partial charge in [-0.05, 0) is 44.5 Å². The van der Waals surface area contributed by atoms with Crippen molar-refractivity contribution in [3.63, 3.8) is 0 Å². The molecule has 0 spiro atoms. The highest BCUT2D eigenvalue weighted by molar-refractivity contribution is 8.00. The lowest BCUT2D eigenvalue weighted by molar-refractivity contribution is -0.113. The minimum atomic E-state index is -0.521. The lowest BCUT2D eigenvalue weighted by Crippen LogP contribution is -2.15. The summed E-state index contributed by atoms with van der Waals surface area (Å²) in [6, 6.07) is 4.04. The van der Waals surface area contributed by atoms with Gasteiger partial charge in [0.1, 0.15) is 21.5 Å². The molecule has 2 aromatic heterocycles. The van der Waals surface area contributed by atoms with Crippen LogP contribution in [0, 0.1) is 26.6 Å². The van der Waals surface area contributed by atoms with Gasteiger partial charge in [0.25, 0.3) is 0 Å². The molecule has 0 unspecified atom stereocenters. The lowest BCUT2D eigenvalue weighted by atomic mass is 10.2. The maximum atomic E-state index is 13.7. The molecule has 0 saturated heterocycles. The van der Waals surface area contributed by atoms with E-state index in [-0.39, 0.29) is 17.3 Å².